The van der Waals surface area contributed by atoms with Crippen molar-refractivity contribution in [1.29, 1.82) is 0 Å². The molecular formula is C23H18ClN5O4S. The van der Waals surface area contributed by atoms with Crippen LogP contribution in [0.5, 0.6) is 0 Å². The lowest BCUT2D eigenvalue weighted by atomic mass is 10.1. The predicted molar refractivity (Wildman–Crippen MR) is 128 cm³/mol. The third-order valence-electron chi connectivity index (χ3n) is 4.73. The van der Waals surface area contributed by atoms with E-state index in [4.69, 9.17) is 11.6 Å². The van der Waals surface area contributed by atoms with Crippen molar-refractivity contribution in [3.63, 3.8) is 0 Å². The van der Waals surface area contributed by atoms with E-state index in [2.05, 4.69) is 25.8 Å². The largest absolute Gasteiger partial charge is 0.287 e. The number of hydrogen-bond donors (Lipinski definition) is 4. The Balaban J connectivity index is 1.37. The molecule has 2 amide bonds. The van der Waals surface area contributed by atoms with Gasteiger partial charge in [0.05, 0.1) is 21.3 Å². The minimum atomic E-state index is -3.91. The van der Waals surface area contributed by atoms with Gasteiger partial charge in [-0.1, -0.05) is 54.1 Å². The summed E-state index contributed by atoms with van der Waals surface area (Å²) in [5.41, 5.74) is 6.53. The molecule has 4 aromatic rings. The number of hydrogen-bond acceptors (Lipinski definition) is 5. The van der Waals surface area contributed by atoms with Gasteiger partial charge in [0.15, 0.2) is 0 Å². The highest BCUT2D eigenvalue weighted by Gasteiger charge is 2.17. The van der Waals surface area contributed by atoms with Crippen LogP contribution in [0.15, 0.2) is 89.8 Å². The van der Waals surface area contributed by atoms with Crippen LogP contribution in [0.25, 0.3) is 11.3 Å². The van der Waals surface area contributed by atoms with Crippen LogP contribution < -0.4 is 15.6 Å². The lowest BCUT2D eigenvalue weighted by molar-refractivity contribution is 0.0844. The zero-order chi connectivity index (χ0) is 24.1. The number of H-pyrrole nitrogens is 1. The van der Waals surface area contributed by atoms with Crippen LogP contribution in [0.2, 0.25) is 5.02 Å². The van der Waals surface area contributed by atoms with Crippen LogP contribution >= 0.6 is 11.6 Å². The molecule has 1 heterocycles. The first-order valence-corrected chi connectivity index (χ1v) is 11.8. The van der Waals surface area contributed by atoms with Gasteiger partial charge in [0.25, 0.3) is 21.8 Å². The maximum absolute atomic E-state index is 12.6. The predicted octanol–water partition coefficient (Wildman–Crippen LogP) is 3.61. The number of halogens is 1. The molecule has 0 aliphatic heterocycles. The van der Waals surface area contributed by atoms with Crippen LogP contribution in [0, 0.1) is 0 Å². The van der Waals surface area contributed by atoms with Crippen molar-refractivity contribution in [2.75, 3.05) is 4.72 Å². The Kier molecular flexibility index (Phi) is 6.62. The van der Waals surface area contributed by atoms with E-state index in [1.807, 2.05) is 30.3 Å². The van der Waals surface area contributed by atoms with Gasteiger partial charge in [-0.2, -0.15) is 5.10 Å². The molecule has 0 radical (unpaired) electrons. The Morgan fingerprint density at radius 2 is 1.47 bits per heavy atom. The van der Waals surface area contributed by atoms with E-state index in [9.17, 15) is 18.0 Å². The number of hydrazine groups is 1. The zero-order valence-corrected chi connectivity index (χ0v) is 19.0. The number of aromatic amines is 1. The molecule has 34 heavy (non-hydrogen) atoms. The highest BCUT2D eigenvalue weighted by Crippen LogP contribution is 2.24. The molecule has 0 unspecified atom stereocenters. The molecule has 0 spiro atoms. The Labute approximate surface area is 200 Å². The molecule has 3 aromatic carbocycles. The fraction of sp³-hybridized carbons (Fsp3) is 0. The third kappa shape index (κ3) is 5.25. The van der Waals surface area contributed by atoms with E-state index in [0.29, 0.717) is 5.69 Å². The standard InChI is InChI=1S/C23H18ClN5O4S/c24-18-8-4-5-9-19(18)29-34(32,33)17-12-10-16(11-13-17)22(30)27-28-23(31)21-14-20(25-26-21)15-6-2-1-3-7-15/h1-14,29H,(H,25,26)(H,27,30)(H,28,31). The maximum atomic E-state index is 12.6. The van der Waals surface area contributed by atoms with E-state index < -0.39 is 21.8 Å². The maximum Gasteiger partial charge on any atom is 0.287 e. The number of anilines is 1. The average molecular weight is 496 g/mol. The Hall–Kier alpha value is -4.15. The van der Waals surface area contributed by atoms with Gasteiger partial charge >= 0.3 is 0 Å². The summed E-state index contributed by atoms with van der Waals surface area (Å²) in [6, 6.07) is 22.5. The van der Waals surface area contributed by atoms with Gasteiger partial charge in [-0.15, -0.1) is 0 Å². The van der Waals surface area contributed by atoms with E-state index in [1.165, 1.54) is 30.3 Å². The summed E-state index contributed by atoms with van der Waals surface area (Å²) in [4.78, 5) is 24.6. The topological polar surface area (TPSA) is 133 Å². The molecule has 0 saturated heterocycles. The second kappa shape index (κ2) is 9.77. The summed E-state index contributed by atoms with van der Waals surface area (Å²) in [5, 5.41) is 6.97. The number of sulfonamides is 1. The molecule has 0 aliphatic carbocycles. The highest BCUT2D eigenvalue weighted by atomic mass is 35.5. The van der Waals surface area contributed by atoms with Crippen molar-refractivity contribution in [1.82, 2.24) is 21.0 Å². The van der Waals surface area contributed by atoms with Crippen LogP contribution in [0.4, 0.5) is 5.69 Å². The molecule has 9 nitrogen and oxygen atoms in total. The lowest BCUT2D eigenvalue weighted by Gasteiger charge is -2.10. The number of benzene rings is 3. The molecule has 0 saturated carbocycles. The Morgan fingerprint density at radius 1 is 0.824 bits per heavy atom. The Bertz CT molecular complexity index is 1440. The van der Waals surface area contributed by atoms with Crippen molar-refractivity contribution in [2.45, 2.75) is 4.90 Å². The molecule has 1 aromatic heterocycles. The summed E-state index contributed by atoms with van der Waals surface area (Å²) < 4.78 is 27.5. The molecule has 4 N–H and O–H groups in total. The summed E-state index contributed by atoms with van der Waals surface area (Å²) in [7, 11) is -3.91. The van der Waals surface area contributed by atoms with Gasteiger partial charge in [-0.25, -0.2) is 8.42 Å². The minimum Gasteiger partial charge on any atom is -0.278 e. The van der Waals surface area contributed by atoms with Gasteiger partial charge in [0.1, 0.15) is 5.69 Å². The van der Waals surface area contributed by atoms with Crippen LogP contribution in [-0.2, 0) is 10.0 Å². The molecule has 4 rings (SSSR count). The van der Waals surface area contributed by atoms with E-state index in [0.717, 1.165) is 5.56 Å². The smallest absolute Gasteiger partial charge is 0.278 e. The van der Waals surface area contributed by atoms with Gasteiger partial charge in [-0.05, 0) is 42.5 Å². The quantitative estimate of drug-likeness (QED) is 0.303. The summed E-state index contributed by atoms with van der Waals surface area (Å²) in [6.07, 6.45) is 0. The van der Waals surface area contributed by atoms with Crippen LogP contribution in [-0.4, -0.2) is 30.4 Å². The number of para-hydroxylation sites is 1. The van der Waals surface area contributed by atoms with E-state index >= 15 is 0 Å². The first-order chi connectivity index (χ1) is 16.3. The van der Waals surface area contributed by atoms with Gasteiger partial charge in [0, 0.05) is 11.1 Å². The van der Waals surface area contributed by atoms with Crippen LogP contribution in [0.1, 0.15) is 20.8 Å². The summed E-state index contributed by atoms with van der Waals surface area (Å²) in [6.45, 7) is 0. The number of aromatic nitrogens is 2. The number of carbonyl (C=O) groups excluding carboxylic acids is 2. The molecule has 11 heteroatoms. The van der Waals surface area contributed by atoms with Gasteiger partial charge in [0.2, 0.25) is 0 Å². The summed E-state index contributed by atoms with van der Waals surface area (Å²) >= 11 is 6.00. The zero-order valence-electron chi connectivity index (χ0n) is 17.4. The normalized spacial score (nSPS) is 11.0. The van der Waals surface area contributed by atoms with Crippen LogP contribution in [0.3, 0.4) is 0 Å². The molecular weight excluding hydrogens is 478 g/mol. The average Bonchev–Trinajstić information content (AvgIpc) is 3.35. The molecule has 0 atom stereocenters. The van der Waals surface area contributed by atoms with E-state index in [-0.39, 0.29) is 26.9 Å². The first kappa shape index (κ1) is 23.0. The monoisotopic (exact) mass is 495 g/mol. The van der Waals surface area contributed by atoms with Gasteiger partial charge in [-0.3, -0.25) is 30.3 Å². The van der Waals surface area contributed by atoms with Crippen molar-refractivity contribution >= 4 is 39.1 Å². The second-order valence-electron chi connectivity index (χ2n) is 7.05. The van der Waals surface area contributed by atoms with Crippen molar-refractivity contribution in [3.8, 4) is 11.3 Å². The van der Waals surface area contributed by atoms with Crippen molar-refractivity contribution in [3.05, 3.63) is 101 Å². The molecule has 0 bridgehead atoms. The fourth-order valence-electron chi connectivity index (χ4n) is 2.98. The molecule has 0 fully saturated rings. The highest BCUT2D eigenvalue weighted by molar-refractivity contribution is 7.92. The number of amides is 2. The van der Waals surface area contributed by atoms with Gasteiger partial charge < -0.3 is 0 Å². The summed E-state index contributed by atoms with van der Waals surface area (Å²) in [5.74, 6) is -1.22. The molecule has 172 valence electrons. The SMILES string of the molecule is O=C(NNC(=O)c1cc(-c2ccccc2)n[nH]1)c1ccc(S(=O)(=O)Nc2ccccc2Cl)cc1. The number of carbonyl (C=O) groups is 2. The van der Waals surface area contributed by atoms with Crippen molar-refractivity contribution < 1.29 is 18.0 Å². The van der Waals surface area contributed by atoms with Crippen molar-refractivity contribution in [2.24, 2.45) is 0 Å². The fourth-order valence-corrected chi connectivity index (χ4v) is 4.30. The molecule has 0 aliphatic rings. The van der Waals surface area contributed by atoms with E-state index in [1.54, 1.807) is 24.3 Å². The number of rotatable bonds is 6. The third-order valence-corrected chi connectivity index (χ3v) is 6.44. The number of nitrogens with zero attached hydrogens (tertiary/aromatic N) is 1. The minimum absolute atomic E-state index is 0.0566. The lowest BCUT2D eigenvalue weighted by Crippen LogP contribution is -2.41. The first-order valence-electron chi connectivity index (χ1n) is 9.92. The Morgan fingerprint density at radius 3 is 2.18 bits per heavy atom. The number of nitrogens with one attached hydrogen (secondary N) is 4. The second-order valence-corrected chi connectivity index (χ2v) is 9.14.